The topological polar surface area (TPSA) is 38.3 Å². The zero-order valence-corrected chi connectivity index (χ0v) is 13.2. The highest BCUT2D eigenvalue weighted by Crippen LogP contribution is 2.35. The van der Waals surface area contributed by atoms with E-state index in [0.29, 0.717) is 11.6 Å². The van der Waals surface area contributed by atoms with Gasteiger partial charge in [-0.1, -0.05) is 35.9 Å². The van der Waals surface area contributed by atoms with Crippen LogP contribution in [-0.4, -0.2) is 23.1 Å². The van der Waals surface area contributed by atoms with Crippen LogP contribution in [0, 0.1) is 0 Å². The number of halogens is 1. The SMILES string of the molecule is CNC1c2ccccc2OCC1S(=O)c1cccc(Cl)c1. The summed E-state index contributed by atoms with van der Waals surface area (Å²) in [5.41, 5.74) is 1.05. The van der Waals surface area contributed by atoms with E-state index in [1.54, 1.807) is 12.1 Å². The zero-order chi connectivity index (χ0) is 14.8. The Hall–Kier alpha value is -1.36. The summed E-state index contributed by atoms with van der Waals surface area (Å²) in [6.07, 6.45) is 0. The van der Waals surface area contributed by atoms with Gasteiger partial charge in [0.25, 0.3) is 0 Å². The predicted molar refractivity (Wildman–Crippen MR) is 85.4 cm³/mol. The van der Waals surface area contributed by atoms with Crippen LogP contribution in [-0.2, 0) is 10.8 Å². The van der Waals surface area contributed by atoms with Crippen molar-refractivity contribution in [3.8, 4) is 5.75 Å². The Bertz CT molecular complexity index is 677. The predicted octanol–water partition coefficient (Wildman–Crippen LogP) is 3.17. The van der Waals surface area contributed by atoms with Gasteiger partial charge in [0.05, 0.1) is 22.1 Å². The largest absolute Gasteiger partial charge is 0.492 e. The summed E-state index contributed by atoms with van der Waals surface area (Å²) < 4.78 is 18.6. The van der Waals surface area contributed by atoms with Gasteiger partial charge in [-0.25, -0.2) is 0 Å². The number of benzene rings is 2. The molecule has 5 heteroatoms. The average molecular weight is 322 g/mol. The maximum atomic E-state index is 12.9. The Morgan fingerprint density at radius 3 is 2.81 bits per heavy atom. The fourth-order valence-corrected chi connectivity index (χ4v) is 4.41. The van der Waals surface area contributed by atoms with Gasteiger partial charge in [-0.15, -0.1) is 0 Å². The van der Waals surface area contributed by atoms with Crippen LogP contribution in [0.15, 0.2) is 53.4 Å². The lowest BCUT2D eigenvalue weighted by molar-refractivity contribution is 0.262. The van der Waals surface area contributed by atoms with Crippen LogP contribution < -0.4 is 10.1 Å². The summed E-state index contributed by atoms with van der Waals surface area (Å²) >= 11 is 6.00. The van der Waals surface area contributed by atoms with E-state index in [1.807, 2.05) is 43.4 Å². The van der Waals surface area contributed by atoms with Crippen LogP contribution in [0.25, 0.3) is 0 Å². The van der Waals surface area contributed by atoms with Gasteiger partial charge in [0.15, 0.2) is 0 Å². The first-order valence-corrected chi connectivity index (χ1v) is 8.35. The lowest BCUT2D eigenvalue weighted by atomic mass is 10.0. The number of ether oxygens (including phenoxy) is 1. The van der Waals surface area contributed by atoms with Gasteiger partial charge in [0, 0.05) is 15.5 Å². The lowest BCUT2D eigenvalue weighted by Crippen LogP contribution is -2.40. The third kappa shape index (κ3) is 2.84. The van der Waals surface area contributed by atoms with Gasteiger partial charge in [-0.3, -0.25) is 4.21 Å². The van der Waals surface area contributed by atoms with Gasteiger partial charge in [0.1, 0.15) is 12.4 Å². The summed E-state index contributed by atoms with van der Waals surface area (Å²) in [5, 5.41) is 3.72. The molecule has 0 saturated heterocycles. The fraction of sp³-hybridized carbons (Fsp3) is 0.250. The Balaban J connectivity index is 1.94. The van der Waals surface area contributed by atoms with E-state index in [4.69, 9.17) is 16.3 Å². The fourth-order valence-electron chi connectivity index (χ4n) is 2.63. The molecule has 110 valence electrons. The summed E-state index contributed by atoms with van der Waals surface area (Å²) in [5.74, 6) is 0.858. The molecule has 3 nitrogen and oxygen atoms in total. The molecule has 1 N–H and O–H groups in total. The summed E-state index contributed by atoms with van der Waals surface area (Å²) in [7, 11) is 0.695. The van der Waals surface area contributed by atoms with Crippen molar-refractivity contribution in [2.45, 2.75) is 16.2 Å². The molecule has 3 atom stereocenters. The van der Waals surface area contributed by atoms with Gasteiger partial charge < -0.3 is 10.1 Å². The van der Waals surface area contributed by atoms with E-state index in [1.165, 1.54) is 0 Å². The van der Waals surface area contributed by atoms with Gasteiger partial charge in [-0.2, -0.15) is 0 Å². The number of fused-ring (bicyclic) bond motifs is 1. The molecule has 0 spiro atoms. The second kappa shape index (κ2) is 6.18. The maximum absolute atomic E-state index is 12.9. The quantitative estimate of drug-likeness (QED) is 0.943. The molecule has 1 aliphatic rings. The summed E-state index contributed by atoms with van der Waals surface area (Å²) in [6, 6.07) is 15.1. The third-order valence-electron chi connectivity index (χ3n) is 3.64. The standard InChI is InChI=1S/C16H16ClNO2S/c1-18-16-13-7-2-3-8-14(13)20-10-15(16)21(19)12-6-4-5-11(17)9-12/h2-9,15-16,18H,10H2,1H3. The number of para-hydroxylation sites is 1. The number of nitrogens with one attached hydrogen (secondary N) is 1. The van der Waals surface area contributed by atoms with Crippen molar-refractivity contribution in [1.82, 2.24) is 5.32 Å². The lowest BCUT2D eigenvalue weighted by Gasteiger charge is -2.32. The molecule has 3 unspecified atom stereocenters. The van der Waals surface area contributed by atoms with Crippen molar-refractivity contribution in [2.24, 2.45) is 0 Å². The van der Waals surface area contributed by atoms with Crippen LogP contribution in [0.1, 0.15) is 11.6 Å². The van der Waals surface area contributed by atoms with Gasteiger partial charge in [-0.05, 0) is 31.3 Å². The summed E-state index contributed by atoms with van der Waals surface area (Å²) in [6.45, 7) is 0.418. The molecule has 0 saturated carbocycles. The molecule has 1 aliphatic heterocycles. The van der Waals surface area contributed by atoms with E-state index in [9.17, 15) is 4.21 Å². The Kier molecular flexibility index (Phi) is 4.29. The van der Waals surface area contributed by atoms with Crippen LogP contribution in [0.2, 0.25) is 5.02 Å². The monoisotopic (exact) mass is 321 g/mol. The van der Waals surface area contributed by atoms with Crippen molar-refractivity contribution < 1.29 is 8.95 Å². The summed E-state index contributed by atoms with van der Waals surface area (Å²) in [4.78, 5) is 0.732. The van der Waals surface area contributed by atoms with E-state index >= 15 is 0 Å². The van der Waals surface area contributed by atoms with Crippen molar-refractivity contribution in [1.29, 1.82) is 0 Å². The van der Waals surface area contributed by atoms with Crippen LogP contribution in [0.5, 0.6) is 5.75 Å². The first-order valence-electron chi connectivity index (χ1n) is 6.76. The normalized spacial score (nSPS) is 22.2. The highest BCUT2D eigenvalue weighted by molar-refractivity contribution is 7.85. The highest BCUT2D eigenvalue weighted by Gasteiger charge is 2.34. The first kappa shape index (κ1) is 14.6. The van der Waals surface area contributed by atoms with E-state index in [0.717, 1.165) is 16.2 Å². The minimum atomic E-state index is -1.19. The molecule has 0 aliphatic carbocycles. The van der Waals surface area contributed by atoms with Crippen LogP contribution in [0.4, 0.5) is 0 Å². The Labute approximate surface area is 131 Å². The molecule has 0 fully saturated rings. The molecule has 0 bridgehead atoms. The van der Waals surface area contributed by atoms with Crippen LogP contribution >= 0.6 is 11.6 Å². The number of hydrogen-bond donors (Lipinski definition) is 1. The smallest absolute Gasteiger partial charge is 0.124 e. The molecular formula is C16H16ClNO2S. The first-order chi connectivity index (χ1) is 10.2. The van der Waals surface area contributed by atoms with Crippen molar-refractivity contribution >= 4 is 22.4 Å². The van der Waals surface area contributed by atoms with Crippen molar-refractivity contribution in [3.05, 3.63) is 59.1 Å². The van der Waals surface area contributed by atoms with Crippen molar-refractivity contribution in [3.63, 3.8) is 0 Å². The third-order valence-corrected chi connectivity index (χ3v) is 5.56. The molecule has 21 heavy (non-hydrogen) atoms. The second-order valence-electron chi connectivity index (χ2n) is 4.91. The molecule has 2 aromatic carbocycles. The average Bonchev–Trinajstić information content (AvgIpc) is 2.53. The molecule has 0 amide bonds. The number of hydrogen-bond acceptors (Lipinski definition) is 3. The molecule has 1 heterocycles. The van der Waals surface area contributed by atoms with Crippen LogP contribution in [0.3, 0.4) is 0 Å². The van der Waals surface area contributed by atoms with Gasteiger partial charge in [0.2, 0.25) is 0 Å². The second-order valence-corrected chi connectivity index (χ2v) is 7.02. The molecular weight excluding hydrogens is 306 g/mol. The molecule has 0 aromatic heterocycles. The molecule has 3 rings (SSSR count). The molecule has 0 radical (unpaired) electrons. The van der Waals surface area contributed by atoms with Crippen molar-refractivity contribution in [2.75, 3.05) is 13.7 Å². The Morgan fingerprint density at radius 2 is 2.05 bits per heavy atom. The van der Waals surface area contributed by atoms with E-state index in [2.05, 4.69) is 5.32 Å². The zero-order valence-electron chi connectivity index (χ0n) is 11.6. The number of rotatable bonds is 3. The van der Waals surface area contributed by atoms with E-state index < -0.39 is 10.8 Å². The van der Waals surface area contributed by atoms with Gasteiger partial charge >= 0.3 is 0 Å². The maximum Gasteiger partial charge on any atom is 0.124 e. The highest BCUT2D eigenvalue weighted by atomic mass is 35.5. The minimum absolute atomic E-state index is 0.00485. The Morgan fingerprint density at radius 1 is 1.24 bits per heavy atom. The minimum Gasteiger partial charge on any atom is -0.492 e. The van der Waals surface area contributed by atoms with E-state index in [-0.39, 0.29) is 11.3 Å². The molecule has 2 aromatic rings.